The van der Waals surface area contributed by atoms with Gasteiger partial charge in [0.05, 0.1) is 19.3 Å². The third kappa shape index (κ3) is 5.38. The van der Waals surface area contributed by atoms with Crippen LogP contribution in [0.1, 0.15) is 19.8 Å². The fourth-order valence-electron chi connectivity index (χ4n) is 0.840. The lowest BCUT2D eigenvalue weighted by Crippen LogP contribution is -2.23. The first-order chi connectivity index (χ1) is 6.11. The lowest BCUT2D eigenvalue weighted by molar-refractivity contribution is -0.134. The van der Waals surface area contributed by atoms with Crippen LogP contribution in [-0.2, 0) is 9.53 Å². The van der Waals surface area contributed by atoms with E-state index < -0.39 is 18.2 Å². The van der Waals surface area contributed by atoms with E-state index in [9.17, 15) is 15.0 Å². The van der Waals surface area contributed by atoms with Crippen LogP contribution in [0.25, 0.3) is 0 Å². The van der Waals surface area contributed by atoms with Crippen LogP contribution < -0.4 is 0 Å². The topological polar surface area (TPSA) is 66.8 Å². The van der Waals surface area contributed by atoms with Crippen molar-refractivity contribution in [1.29, 1.82) is 0 Å². The average molecular weight is 188 g/mol. The molecular formula is C9H16O4. The Morgan fingerprint density at radius 3 is 2.62 bits per heavy atom. The van der Waals surface area contributed by atoms with Gasteiger partial charge in [0, 0.05) is 6.08 Å². The molecule has 0 aromatic heterocycles. The minimum Gasteiger partial charge on any atom is -0.466 e. The predicted molar refractivity (Wildman–Crippen MR) is 48.1 cm³/mol. The van der Waals surface area contributed by atoms with Gasteiger partial charge in [0.25, 0.3) is 0 Å². The Bertz CT molecular complexity index is 176. The van der Waals surface area contributed by atoms with E-state index in [-0.39, 0.29) is 0 Å². The Kier molecular flexibility index (Phi) is 6.18. The van der Waals surface area contributed by atoms with Gasteiger partial charge in [-0.05, 0) is 12.5 Å². The van der Waals surface area contributed by atoms with Gasteiger partial charge < -0.3 is 14.9 Å². The average Bonchev–Trinajstić information content (AvgIpc) is 2.13. The molecule has 13 heavy (non-hydrogen) atoms. The first-order valence-corrected chi connectivity index (χ1v) is 4.24. The molecule has 0 spiro atoms. The van der Waals surface area contributed by atoms with Crippen LogP contribution in [0, 0.1) is 0 Å². The number of hydrogen-bond acceptors (Lipinski definition) is 4. The van der Waals surface area contributed by atoms with E-state index in [0.29, 0.717) is 6.42 Å². The number of methoxy groups -OCH3 is 1. The summed E-state index contributed by atoms with van der Waals surface area (Å²) in [4.78, 5) is 10.6. The second-order valence-electron chi connectivity index (χ2n) is 2.73. The Balaban J connectivity index is 3.90. The van der Waals surface area contributed by atoms with Crippen LogP contribution in [0.3, 0.4) is 0 Å². The monoisotopic (exact) mass is 188 g/mol. The van der Waals surface area contributed by atoms with Gasteiger partial charge in [-0.15, -0.1) is 0 Å². The highest BCUT2D eigenvalue weighted by Gasteiger charge is 2.11. The van der Waals surface area contributed by atoms with Crippen molar-refractivity contribution in [3.05, 3.63) is 12.2 Å². The zero-order valence-electron chi connectivity index (χ0n) is 7.93. The number of aliphatic hydroxyl groups excluding tert-OH is 2. The molecule has 0 aliphatic carbocycles. The highest BCUT2D eigenvalue weighted by molar-refractivity contribution is 5.81. The van der Waals surface area contributed by atoms with Crippen molar-refractivity contribution in [3.8, 4) is 0 Å². The van der Waals surface area contributed by atoms with E-state index in [1.807, 2.05) is 6.92 Å². The zero-order valence-corrected chi connectivity index (χ0v) is 7.93. The van der Waals surface area contributed by atoms with Gasteiger partial charge in [-0.1, -0.05) is 13.3 Å². The lowest BCUT2D eigenvalue weighted by atomic mass is 10.1. The Morgan fingerprint density at radius 1 is 1.54 bits per heavy atom. The van der Waals surface area contributed by atoms with Gasteiger partial charge in [-0.3, -0.25) is 0 Å². The summed E-state index contributed by atoms with van der Waals surface area (Å²) in [7, 11) is 1.25. The highest BCUT2D eigenvalue weighted by atomic mass is 16.5. The van der Waals surface area contributed by atoms with Gasteiger partial charge in [0.2, 0.25) is 0 Å². The molecule has 0 rings (SSSR count). The van der Waals surface area contributed by atoms with E-state index >= 15 is 0 Å². The number of carbonyl (C=O) groups is 1. The molecule has 2 N–H and O–H groups in total. The van der Waals surface area contributed by atoms with Crippen molar-refractivity contribution < 1.29 is 19.7 Å². The first kappa shape index (κ1) is 12.1. The molecule has 0 radical (unpaired) electrons. The minimum atomic E-state index is -1.00. The zero-order chi connectivity index (χ0) is 10.3. The summed E-state index contributed by atoms with van der Waals surface area (Å²) in [5.74, 6) is -0.539. The molecule has 0 unspecified atom stereocenters. The van der Waals surface area contributed by atoms with Gasteiger partial charge >= 0.3 is 5.97 Å². The summed E-state index contributed by atoms with van der Waals surface area (Å²) in [6.45, 7) is 1.90. The van der Waals surface area contributed by atoms with Crippen LogP contribution in [0.5, 0.6) is 0 Å². The van der Waals surface area contributed by atoms with E-state index in [0.717, 1.165) is 12.5 Å². The van der Waals surface area contributed by atoms with Crippen molar-refractivity contribution in [2.24, 2.45) is 0 Å². The second kappa shape index (κ2) is 6.62. The number of carbonyl (C=O) groups excluding carboxylic acids is 1. The number of esters is 1. The molecule has 0 bridgehead atoms. The normalized spacial score (nSPS) is 15.7. The molecular weight excluding hydrogens is 172 g/mol. The Hall–Kier alpha value is -0.870. The summed E-state index contributed by atoms with van der Waals surface area (Å²) in [6.07, 6.45) is 1.80. The molecule has 0 aromatic rings. The number of aliphatic hydroxyl groups is 2. The number of hydrogen-bond donors (Lipinski definition) is 2. The minimum absolute atomic E-state index is 0.507. The molecule has 0 aromatic carbocycles. The largest absolute Gasteiger partial charge is 0.466 e. The summed E-state index contributed by atoms with van der Waals surface area (Å²) < 4.78 is 4.32. The third-order valence-electron chi connectivity index (χ3n) is 1.61. The number of ether oxygens (including phenoxy) is 1. The van der Waals surface area contributed by atoms with Crippen LogP contribution >= 0.6 is 0 Å². The summed E-state index contributed by atoms with van der Waals surface area (Å²) in [6, 6.07) is 0. The van der Waals surface area contributed by atoms with Crippen LogP contribution in [0.2, 0.25) is 0 Å². The molecule has 2 atom stereocenters. The summed E-state index contributed by atoms with van der Waals surface area (Å²) >= 11 is 0. The van der Waals surface area contributed by atoms with Crippen LogP contribution in [0.15, 0.2) is 12.2 Å². The van der Waals surface area contributed by atoms with Crippen molar-refractivity contribution in [2.75, 3.05) is 7.11 Å². The molecule has 0 aliphatic heterocycles. The molecule has 4 heteroatoms. The van der Waals surface area contributed by atoms with Crippen molar-refractivity contribution in [2.45, 2.75) is 32.0 Å². The fourth-order valence-corrected chi connectivity index (χ4v) is 0.840. The van der Waals surface area contributed by atoms with E-state index in [1.165, 1.54) is 13.2 Å². The van der Waals surface area contributed by atoms with E-state index in [2.05, 4.69) is 4.74 Å². The maximum Gasteiger partial charge on any atom is 0.330 e. The molecule has 0 heterocycles. The molecule has 4 nitrogen and oxygen atoms in total. The van der Waals surface area contributed by atoms with E-state index in [4.69, 9.17) is 0 Å². The summed E-state index contributed by atoms with van der Waals surface area (Å²) in [5, 5.41) is 18.5. The smallest absolute Gasteiger partial charge is 0.330 e. The number of rotatable bonds is 5. The molecule has 0 aliphatic rings. The molecule has 0 saturated heterocycles. The van der Waals surface area contributed by atoms with Gasteiger partial charge in [0.1, 0.15) is 0 Å². The molecule has 0 fully saturated rings. The van der Waals surface area contributed by atoms with Crippen molar-refractivity contribution in [3.63, 3.8) is 0 Å². The fraction of sp³-hybridized carbons (Fsp3) is 0.667. The Labute approximate surface area is 77.8 Å². The first-order valence-electron chi connectivity index (χ1n) is 4.24. The SMILES string of the molecule is CCC[C@H](O)[C@@H](O)/C=C/C(=O)OC. The van der Waals surface area contributed by atoms with E-state index in [1.54, 1.807) is 0 Å². The van der Waals surface area contributed by atoms with Gasteiger partial charge in [0.15, 0.2) is 0 Å². The van der Waals surface area contributed by atoms with Crippen molar-refractivity contribution >= 4 is 5.97 Å². The highest BCUT2D eigenvalue weighted by Crippen LogP contribution is 2.03. The lowest BCUT2D eigenvalue weighted by Gasteiger charge is -2.12. The third-order valence-corrected chi connectivity index (χ3v) is 1.61. The Morgan fingerprint density at radius 2 is 2.15 bits per heavy atom. The molecule has 76 valence electrons. The van der Waals surface area contributed by atoms with Crippen molar-refractivity contribution in [1.82, 2.24) is 0 Å². The maximum atomic E-state index is 10.6. The standard InChI is InChI=1S/C9H16O4/c1-3-4-7(10)8(11)5-6-9(12)13-2/h5-8,10-11H,3-4H2,1-2H3/b6-5+/t7-,8-/m0/s1. The van der Waals surface area contributed by atoms with Gasteiger partial charge in [-0.2, -0.15) is 0 Å². The predicted octanol–water partition coefficient (Wildman–Crippen LogP) is 0.237. The summed E-state index contributed by atoms with van der Waals surface area (Å²) in [5.41, 5.74) is 0. The molecule has 0 amide bonds. The maximum absolute atomic E-state index is 10.6. The molecule has 0 saturated carbocycles. The quantitative estimate of drug-likeness (QED) is 0.479. The second-order valence-corrected chi connectivity index (χ2v) is 2.73. The van der Waals surface area contributed by atoms with Crippen LogP contribution in [-0.4, -0.2) is 35.5 Å². The van der Waals surface area contributed by atoms with Gasteiger partial charge in [-0.25, -0.2) is 4.79 Å². The van der Waals surface area contributed by atoms with Crippen LogP contribution in [0.4, 0.5) is 0 Å².